The molecular formula is C17H27FN2. The Balaban J connectivity index is 1.62. The minimum atomic E-state index is -0.0440. The van der Waals surface area contributed by atoms with Crippen molar-refractivity contribution in [3.05, 3.63) is 35.6 Å². The molecule has 0 unspecified atom stereocenters. The average Bonchev–Trinajstić information content (AvgIpc) is 2.42. The molecule has 0 spiro atoms. The summed E-state index contributed by atoms with van der Waals surface area (Å²) in [5, 5.41) is 3.59. The van der Waals surface area contributed by atoms with E-state index < -0.39 is 0 Å². The van der Waals surface area contributed by atoms with E-state index in [4.69, 9.17) is 0 Å². The van der Waals surface area contributed by atoms with Crippen LogP contribution in [0, 0.1) is 5.82 Å². The largest absolute Gasteiger partial charge is 0.314 e. The molecule has 0 aromatic heterocycles. The van der Waals surface area contributed by atoms with Gasteiger partial charge in [-0.3, -0.25) is 0 Å². The van der Waals surface area contributed by atoms with Crippen molar-refractivity contribution in [3.8, 4) is 0 Å². The number of benzene rings is 1. The molecule has 2 nitrogen and oxygen atoms in total. The zero-order valence-electron chi connectivity index (χ0n) is 12.7. The molecule has 1 aromatic carbocycles. The van der Waals surface area contributed by atoms with Crippen LogP contribution in [0.15, 0.2) is 24.3 Å². The second-order valence-electron chi connectivity index (χ2n) is 5.72. The molecule has 112 valence electrons. The minimum absolute atomic E-state index is 0.0440. The fourth-order valence-electron chi connectivity index (χ4n) is 2.99. The molecule has 0 radical (unpaired) electrons. The summed E-state index contributed by atoms with van der Waals surface area (Å²) in [6.45, 7) is 8.93. The van der Waals surface area contributed by atoms with Gasteiger partial charge in [0.15, 0.2) is 0 Å². The number of rotatable bonds is 8. The third kappa shape index (κ3) is 4.03. The van der Waals surface area contributed by atoms with Gasteiger partial charge < -0.3 is 10.2 Å². The molecule has 0 atom stereocenters. The predicted octanol–water partition coefficient (Wildman–Crippen LogP) is 3.39. The molecule has 1 saturated carbocycles. The Morgan fingerprint density at radius 2 is 1.90 bits per heavy atom. The van der Waals surface area contributed by atoms with Gasteiger partial charge in [0.05, 0.1) is 0 Å². The third-order valence-electron chi connectivity index (χ3n) is 4.46. The van der Waals surface area contributed by atoms with Crippen LogP contribution in [0.4, 0.5) is 4.39 Å². The Morgan fingerprint density at radius 1 is 1.20 bits per heavy atom. The van der Waals surface area contributed by atoms with Crippen LogP contribution in [0.5, 0.6) is 0 Å². The maximum Gasteiger partial charge on any atom is 0.126 e. The first-order valence-corrected chi connectivity index (χ1v) is 7.94. The minimum Gasteiger partial charge on any atom is -0.314 e. The second kappa shape index (κ2) is 7.75. The van der Waals surface area contributed by atoms with Gasteiger partial charge in [0.2, 0.25) is 0 Å². The molecule has 1 aliphatic carbocycles. The summed E-state index contributed by atoms with van der Waals surface area (Å²) >= 11 is 0. The van der Waals surface area contributed by atoms with Crippen molar-refractivity contribution in [1.29, 1.82) is 0 Å². The highest BCUT2D eigenvalue weighted by Gasteiger charge is 2.31. The molecule has 0 bridgehead atoms. The van der Waals surface area contributed by atoms with E-state index in [0.29, 0.717) is 12.0 Å². The molecule has 2 rings (SSSR count). The maximum atomic E-state index is 13.6. The van der Waals surface area contributed by atoms with E-state index in [9.17, 15) is 4.39 Å². The Kier molecular flexibility index (Phi) is 5.99. The number of hydrogen-bond donors (Lipinski definition) is 1. The molecular weight excluding hydrogens is 251 g/mol. The van der Waals surface area contributed by atoms with Crippen LogP contribution in [-0.4, -0.2) is 37.1 Å². The maximum absolute atomic E-state index is 13.6. The molecule has 0 amide bonds. The van der Waals surface area contributed by atoms with Gasteiger partial charge in [-0.15, -0.1) is 0 Å². The van der Waals surface area contributed by atoms with Gasteiger partial charge in [-0.25, -0.2) is 4.39 Å². The lowest BCUT2D eigenvalue weighted by Crippen LogP contribution is -2.41. The van der Waals surface area contributed by atoms with Crippen LogP contribution >= 0.6 is 0 Å². The SMILES string of the molecule is CCN(CC)CCCNC1CC(c2ccccc2F)C1. The Hall–Kier alpha value is -0.930. The van der Waals surface area contributed by atoms with Crippen molar-refractivity contribution >= 4 is 0 Å². The smallest absolute Gasteiger partial charge is 0.126 e. The zero-order chi connectivity index (χ0) is 14.4. The average molecular weight is 278 g/mol. The quantitative estimate of drug-likeness (QED) is 0.733. The predicted molar refractivity (Wildman–Crippen MR) is 82.6 cm³/mol. The van der Waals surface area contributed by atoms with Gasteiger partial charge in [0, 0.05) is 6.04 Å². The van der Waals surface area contributed by atoms with Crippen molar-refractivity contribution < 1.29 is 4.39 Å². The van der Waals surface area contributed by atoms with Crippen molar-refractivity contribution in [3.63, 3.8) is 0 Å². The van der Waals surface area contributed by atoms with Crippen LogP contribution in [-0.2, 0) is 0 Å². The van der Waals surface area contributed by atoms with Crippen LogP contribution in [0.3, 0.4) is 0 Å². The topological polar surface area (TPSA) is 15.3 Å². The number of hydrogen-bond acceptors (Lipinski definition) is 2. The van der Waals surface area contributed by atoms with Crippen molar-refractivity contribution in [2.45, 2.75) is 45.1 Å². The summed E-state index contributed by atoms with van der Waals surface area (Å²) in [5.74, 6) is 0.369. The van der Waals surface area contributed by atoms with E-state index >= 15 is 0 Å². The summed E-state index contributed by atoms with van der Waals surface area (Å²) in [7, 11) is 0. The first kappa shape index (κ1) is 15.5. The molecule has 0 aliphatic heterocycles. The fraction of sp³-hybridized carbons (Fsp3) is 0.647. The van der Waals surface area contributed by atoms with Gasteiger partial charge in [-0.1, -0.05) is 32.0 Å². The number of nitrogens with zero attached hydrogens (tertiary/aromatic N) is 1. The molecule has 3 heteroatoms. The Bertz CT molecular complexity index is 398. The standard InChI is InChI=1S/C17H27FN2/c1-3-20(4-2)11-7-10-19-15-12-14(13-15)16-8-5-6-9-17(16)18/h5-6,8-9,14-15,19H,3-4,7,10-13H2,1-2H3. The number of halogens is 1. The van der Waals surface area contributed by atoms with Gasteiger partial charge in [0.1, 0.15) is 5.82 Å². The summed E-state index contributed by atoms with van der Waals surface area (Å²) in [6.07, 6.45) is 3.35. The highest BCUT2D eigenvalue weighted by atomic mass is 19.1. The summed E-state index contributed by atoms with van der Waals surface area (Å²) in [5.41, 5.74) is 0.897. The van der Waals surface area contributed by atoms with Crippen LogP contribution in [0.1, 0.15) is 44.6 Å². The highest BCUT2D eigenvalue weighted by molar-refractivity contribution is 5.24. The lowest BCUT2D eigenvalue weighted by molar-refractivity contribution is 0.265. The monoisotopic (exact) mass is 278 g/mol. The molecule has 20 heavy (non-hydrogen) atoms. The Labute approximate surface area is 122 Å². The molecule has 1 N–H and O–H groups in total. The van der Waals surface area contributed by atoms with Crippen molar-refractivity contribution in [1.82, 2.24) is 10.2 Å². The van der Waals surface area contributed by atoms with Gasteiger partial charge in [-0.2, -0.15) is 0 Å². The highest BCUT2D eigenvalue weighted by Crippen LogP contribution is 2.37. The lowest BCUT2D eigenvalue weighted by Gasteiger charge is -2.36. The van der Waals surface area contributed by atoms with E-state index in [1.807, 2.05) is 12.1 Å². The van der Waals surface area contributed by atoms with Gasteiger partial charge in [0.25, 0.3) is 0 Å². The Morgan fingerprint density at radius 3 is 2.55 bits per heavy atom. The summed E-state index contributed by atoms with van der Waals surface area (Å²) < 4.78 is 13.6. The van der Waals surface area contributed by atoms with Crippen molar-refractivity contribution in [2.75, 3.05) is 26.2 Å². The zero-order valence-corrected chi connectivity index (χ0v) is 12.7. The van der Waals surface area contributed by atoms with E-state index in [1.165, 1.54) is 13.0 Å². The third-order valence-corrected chi connectivity index (χ3v) is 4.46. The van der Waals surface area contributed by atoms with E-state index in [1.54, 1.807) is 12.1 Å². The fourth-order valence-corrected chi connectivity index (χ4v) is 2.99. The second-order valence-corrected chi connectivity index (χ2v) is 5.72. The first-order valence-electron chi connectivity index (χ1n) is 7.94. The van der Waals surface area contributed by atoms with Gasteiger partial charge >= 0.3 is 0 Å². The van der Waals surface area contributed by atoms with E-state index in [-0.39, 0.29) is 5.82 Å². The van der Waals surface area contributed by atoms with Crippen LogP contribution in [0.2, 0.25) is 0 Å². The van der Waals surface area contributed by atoms with Crippen LogP contribution in [0.25, 0.3) is 0 Å². The normalized spacial score (nSPS) is 22.0. The summed E-state index contributed by atoms with van der Waals surface area (Å²) in [6, 6.07) is 7.77. The van der Waals surface area contributed by atoms with E-state index in [2.05, 4.69) is 24.1 Å². The van der Waals surface area contributed by atoms with Crippen LogP contribution < -0.4 is 5.32 Å². The van der Waals surface area contributed by atoms with Gasteiger partial charge in [-0.05, 0) is 63.0 Å². The first-order chi connectivity index (χ1) is 9.74. The molecule has 1 aliphatic rings. The van der Waals surface area contributed by atoms with E-state index in [0.717, 1.165) is 38.0 Å². The lowest BCUT2D eigenvalue weighted by atomic mass is 9.75. The molecule has 1 aromatic rings. The molecule has 1 fully saturated rings. The molecule has 0 heterocycles. The van der Waals surface area contributed by atoms with Crippen molar-refractivity contribution in [2.24, 2.45) is 0 Å². The summed E-state index contributed by atoms with van der Waals surface area (Å²) in [4.78, 5) is 2.45. The molecule has 0 saturated heterocycles. The number of nitrogens with one attached hydrogen (secondary N) is 1.